The summed E-state index contributed by atoms with van der Waals surface area (Å²) >= 11 is 0. The fraction of sp³-hybridized carbons (Fsp3) is 0.278. The first-order valence-corrected chi connectivity index (χ1v) is 7.80. The summed E-state index contributed by atoms with van der Waals surface area (Å²) in [7, 11) is 0. The van der Waals surface area contributed by atoms with Gasteiger partial charge in [0.25, 0.3) is 0 Å². The van der Waals surface area contributed by atoms with Gasteiger partial charge in [-0.1, -0.05) is 24.3 Å². The van der Waals surface area contributed by atoms with Crippen LogP contribution in [0.5, 0.6) is 0 Å². The van der Waals surface area contributed by atoms with E-state index in [4.69, 9.17) is 0 Å². The van der Waals surface area contributed by atoms with Gasteiger partial charge in [0.2, 0.25) is 0 Å². The molecule has 1 saturated heterocycles. The molecule has 0 unspecified atom stereocenters. The molecule has 1 aliphatic rings. The molecule has 120 valence electrons. The number of nitrogens with zero attached hydrogens (tertiary/aromatic N) is 2. The Hall–Kier alpha value is -2.56. The molecule has 5 heteroatoms. The summed E-state index contributed by atoms with van der Waals surface area (Å²) in [6, 6.07) is 16.3. The van der Waals surface area contributed by atoms with Gasteiger partial charge in [0.15, 0.2) is 0 Å². The number of hydrogen-bond donors (Lipinski definition) is 1. The highest BCUT2D eigenvalue weighted by atomic mass is 19.1. The number of urea groups is 1. The normalized spacial score (nSPS) is 14.3. The van der Waals surface area contributed by atoms with Crippen molar-refractivity contribution in [1.82, 2.24) is 4.90 Å². The molecule has 0 radical (unpaired) electrons. The number of likely N-dealkylation sites (N-methyl/N-ethyl adjacent to an activating group) is 1. The van der Waals surface area contributed by atoms with Crippen LogP contribution in [0.2, 0.25) is 0 Å². The maximum atomic E-state index is 13.1. The summed E-state index contributed by atoms with van der Waals surface area (Å²) in [5.41, 5.74) is 1.65. The van der Waals surface area contributed by atoms with E-state index in [1.807, 2.05) is 18.2 Å². The number of anilines is 2. The Morgan fingerprint density at radius 1 is 1.22 bits per heavy atom. The summed E-state index contributed by atoms with van der Waals surface area (Å²) in [5, 5.41) is 2.73. The average Bonchev–Trinajstić information content (AvgIpc) is 2.51. The maximum absolute atomic E-state index is 13.1. The van der Waals surface area contributed by atoms with Crippen molar-refractivity contribution in [1.29, 1.82) is 0 Å². The van der Waals surface area contributed by atoms with Gasteiger partial charge in [-0.25, -0.2) is 9.18 Å². The molecule has 23 heavy (non-hydrogen) atoms. The lowest BCUT2D eigenvalue weighted by atomic mass is 10.1. The standard InChI is InChI=1S/C18H20FN3O/c1-2-22(16-9-4-3-5-10-16)17-12-21(13-17)18(23)20-15-8-6-7-14(19)11-15/h3-11,17H,2,12-13H2,1H3,(H,20,23). The molecule has 0 aliphatic carbocycles. The van der Waals surface area contributed by atoms with Crippen LogP contribution in [0.15, 0.2) is 54.6 Å². The van der Waals surface area contributed by atoms with Gasteiger partial charge in [-0.3, -0.25) is 0 Å². The lowest BCUT2D eigenvalue weighted by molar-refractivity contribution is 0.161. The Balaban J connectivity index is 1.56. The van der Waals surface area contributed by atoms with Crippen LogP contribution in [0.4, 0.5) is 20.6 Å². The minimum atomic E-state index is -0.356. The Morgan fingerprint density at radius 3 is 2.61 bits per heavy atom. The van der Waals surface area contributed by atoms with E-state index in [0.29, 0.717) is 24.8 Å². The average molecular weight is 313 g/mol. The van der Waals surface area contributed by atoms with Crippen molar-refractivity contribution in [2.45, 2.75) is 13.0 Å². The van der Waals surface area contributed by atoms with Gasteiger partial charge in [0, 0.05) is 31.0 Å². The van der Waals surface area contributed by atoms with E-state index in [-0.39, 0.29) is 11.8 Å². The van der Waals surface area contributed by atoms with Gasteiger partial charge in [0.05, 0.1) is 6.04 Å². The minimum Gasteiger partial charge on any atom is -0.365 e. The molecule has 0 saturated carbocycles. The van der Waals surface area contributed by atoms with Crippen LogP contribution in [-0.2, 0) is 0 Å². The Morgan fingerprint density at radius 2 is 1.96 bits per heavy atom. The molecule has 0 spiro atoms. The molecule has 0 aromatic heterocycles. The number of benzene rings is 2. The molecule has 3 rings (SSSR count). The zero-order valence-electron chi connectivity index (χ0n) is 13.1. The smallest absolute Gasteiger partial charge is 0.321 e. The van der Waals surface area contributed by atoms with Crippen molar-refractivity contribution in [2.75, 3.05) is 29.9 Å². The first-order valence-electron chi connectivity index (χ1n) is 7.80. The van der Waals surface area contributed by atoms with Gasteiger partial charge >= 0.3 is 6.03 Å². The summed E-state index contributed by atoms with van der Waals surface area (Å²) in [6.07, 6.45) is 0. The van der Waals surface area contributed by atoms with Crippen LogP contribution in [-0.4, -0.2) is 36.6 Å². The molecule has 1 N–H and O–H groups in total. The first-order chi connectivity index (χ1) is 11.2. The second kappa shape index (κ2) is 6.69. The van der Waals surface area contributed by atoms with E-state index in [9.17, 15) is 9.18 Å². The zero-order chi connectivity index (χ0) is 16.2. The Bertz CT molecular complexity index is 671. The van der Waals surface area contributed by atoms with Crippen molar-refractivity contribution >= 4 is 17.4 Å². The SMILES string of the molecule is CCN(c1ccccc1)C1CN(C(=O)Nc2cccc(F)c2)C1. The van der Waals surface area contributed by atoms with Gasteiger partial charge in [0.1, 0.15) is 5.82 Å². The van der Waals surface area contributed by atoms with E-state index >= 15 is 0 Å². The van der Waals surface area contributed by atoms with Gasteiger partial charge < -0.3 is 15.1 Å². The molecule has 1 fully saturated rings. The molecule has 2 aromatic carbocycles. The number of halogens is 1. The third-order valence-electron chi connectivity index (χ3n) is 4.09. The number of carbonyl (C=O) groups excluding carboxylic acids is 1. The quantitative estimate of drug-likeness (QED) is 0.936. The lowest BCUT2D eigenvalue weighted by Gasteiger charge is -2.46. The van der Waals surface area contributed by atoms with E-state index < -0.39 is 0 Å². The highest BCUT2D eigenvalue weighted by Gasteiger charge is 2.34. The van der Waals surface area contributed by atoms with Crippen LogP contribution in [0.1, 0.15) is 6.92 Å². The predicted octanol–water partition coefficient (Wildman–Crippen LogP) is 3.57. The third kappa shape index (κ3) is 3.44. The largest absolute Gasteiger partial charge is 0.365 e. The fourth-order valence-electron chi connectivity index (χ4n) is 2.86. The Labute approximate surface area is 135 Å². The molecule has 2 amide bonds. The fourth-order valence-corrected chi connectivity index (χ4v) is 2.86. The first kappa shape index (κ1) is 15.3. The second-order valence-corrected chi connectivity index (χ2v) is 5.62. The number of rotatable bonds is 4. The van der Waals surface area contributed by atoms with Gasteiger partial charge in [-0.05, 0) is 37.3 Å². The van der Waals surface area contributed by atoms with Crippen LogP contribution >= 0.6 is 0 Å². The summed E-state index contributed by atoms with van der Waals surface area (Å²) in [5.74, 6) is -0.356. The molecule has 4 nitrogen and oxygen atoms in total. The van der Waals surface area contributed by atoms with Crippen molar-refractivity contribution in [2.24, 2.45) is 0 Å². The van der Waals surface area contributed by atoms with E-state index in [2.05, 4.69) is 29.3 Å². The summed E-state index contributed by atoms with van der Waals surface area (Å²) in [4.78, 5) is 16.2. The van der Waals surface area contributed by atoms with E-state index in [1.165, 1.54) is 17.8 Å². The second-order valence-electron chi connectivity index (χ2n) is 5.62. The number of amides is 2. The van der Waals surface area contributed by atoms with E-state index in [0.717, 1.165) is 6.54 Å². The number of carbonyl (C=O) groups is 1. The highest BCUT2D eigenvalue weighted by Crippen LogP contribution is 2.23. The van der Waals surface area contributed by atoms with Gasteiger partial charge in [-0.15, -0.1) is 0 Å². The summed E-state index contributed by atoms with van der Waals surface area (Å²) < 4.78 is 13.1. The van der Waals surface area contributed by atoms with E-state index in [1.54, 1.807) is 17.0 Å². The van der Waals surface area contributed by atoms with Crippen molar-refractivity contribution < 1.29 is 9.18 Å². The monoisotopic (exact) mass is 313 g/mol. The number of hydrogen-bond acceptors (Lipinski definition) is 2. The number of nitrogens with one attached hydrogen (secondary N) is 1. The van der Waals surface area contributed by atoms with Crippen molar-refractivity contribution in [3.05, 3.63) is 60.4 Å². The molecule has 1 heterocycles. The maximum Gasteiger partial charge on any atom is 0.321 e. The zero-order valence-corrected chi connectivity index (χ0v) is 13.1. The molecule has 0 bridgehead atoms. The number of likely N-dealkylation sites (tertiary alicyclic amines) is 1. The topological polar surface area (TPSA) is 35.6 Å². The van der Waals surface area contributed by atoms with Crippen LogP contribution < -0.4 is 10.2 Å². The lowest BCUT2D eigenvalue weighted by Crippen LogP contribution is -2.62. The predicted molar refractivity (Wildman–Crippen MR) is 90.2 cm³/mol. The summed E-state index contributed by atoms with van der Waals surface area (Å²) in [6.45, 7) is 4.35. The minimum absolute atomic E-state index is 0.184. The molecular formula is C18H20FN3O. The molecule has 0 atom stereocenters. The van der Waals surface area contributed by atoms with Crippen molar-refractivity contribution in [3.63, 3.8) is 0 Å². The molecular weight excluding hydrogens is 293 g/mol. The third-order valence-corrected chi connectivity index (χ3v) is 4.09. The Kier molecular flexibility index (Phi) is 4.46. The van der Waals surface area contributed by atoms with Crippen LogP contribution in [0.3, 0.4) is 0 Å². The van der Waals surface area contributed by atoms with Crippen LogP contribution in [0.25, 0.3) is 0 Å². The molecule has 1 aliphatic heterocycles. The molecule has 2 aromatic rings. The van der Waals surface area contributed by atoms with Gasteiger partial charge in [-0.2, -0.15) is 0 Å². The van der Waals surface area contributed by atoms with Crippen molar-refractivity contribution in [3.8, 4) is 0 Å². The highest BCUT2D eigenvalue weighted by molar-refractivity contribution is 5.90. The number of para-hydroxylation sites is 1. The van der Waals surface area contributed by atoms with Crippen LogP contribution in [0, 0.1) is 5.82 Å².